The molecule has 4 aromatic rings. The highest BCUT2D eigenvalue weighted by molar-refractivity contribution is 7.89. The molecule has 0 saturated carbocycles. The largest absolute Gasteiger partial charge is 0.419 e. The van der Waals surface area contributed by atoms with Gasteiger partial charge in [0.2, 0.25) is 27.8 Å². The molecule has 12 nitrogen and oxygen atoms in total. The van der Waals surface area contributed by atoms with E-state index in [1.807, 2.05) is 13.1 Å². The summed E-state index contributed by atoms with van der Waals surface area (Å²) in [6.45, 7) is 1.93. The second-order valence-electron chi connectivity index (χ2n) is 14.3. The molecule has 3 aliphatic rings. The van der Waals surface area contributed by atoms with Crippen LogP contribution in [0.1, 0.15) is 84.7 Å². The molecule has 0 aliphatic carbocycles. The maximum Gasteiger partial charge on any atom is 0.419 e. The number of piperidine rings is 3. The van der Waals surface area contributed by atoms with Crippen LogP contribution in [0, 0.1) is 11.8 Å². The van der Waals surface area contributed by atoms with Crippen molar-refractivity contribution in [2.45, 2.75) is 73.9 Å². The van der Waals surface area contributed by atoms with E-state index >= 15 is 0 Å². The van der Waals surface area contributed by atoms with Gasteiger partial charge in [0.25, 0.3) is 6.43 Å². The van der Waals surface area contributed by atoms with Crippen LogP contribution in [-0.4, -0.2) is 88.0 Å². The standard InChI is InChI=1S/C38H39F5N8O4S/c1-49-32-20-24(4-6-30(32)34(48-49)31-8-9-33(52)47-36(31)53)23-10-15-50(16-11-23)14-2-3-25-19-28(5-7-29(25)35(39)40)56(54,55)51-17-12-27(13-18-51)46-37-44-21-26(22-45-37)38(41,42)43/h4-7,19-23,27,31,35H,8-18H2,1H3,(H,44,45,46)(H,47,52,53). The predicted octanol–water partition coefficient (Wildman–Crippen LogP) is 5.34. The normalized spacial score (nSPS) is 19.6. The first-order chi connectivity index (χ1) is 26.7. The lowest BCUT2D eigenvalue weighted by Crippen LogP contribution is -2.42. The number of fused-ring (bicyclic) bond motifs is 1. The van der Waals surface area contributed by atoms with Crippen LogP contribution in [0.4, 0.5) is 27.9 Å². The van der Waals surface area contributed by atoms with Gasteiger partial charge in [-0.3, -0.25) is 24.5 Å². The summed E-state index contributed by atoms with van der Waals surface area (Å²) in [5.74, 6) is 4.97. The number of hydrogen-bond donors (Lipinski definition) is 2. The molecule has 3 fully saturated rings. The number of rotatable bonds is 8. The zero-order chi connectivity index (χ0) is 39.8. The van der Waals surface area contributed by atoms with Gasteiger partial charge in [-0.15, -0.1) is 0 Å². The van der Waals surface area contributed by atoms with Crippen LogP contribution in [-0.2, 0) is 32.8 Å². The molecule has 7 rings (SSSR count). The summed E-state index contributed by atoms with van der Waals surface area (Å²) in [5, 5.41) is 10.9. The number of aryl methyl sites for hydroxylation is 1. The van der Waals surface area contributed by atoms with Crippen molar-refractivity contribution < 1.29 is 40.0 Å². The van der Waals surface area contributed by atoms with Crippen molar-refractivity contribution >= 4 is 38.7 Å². The van der Waals surface area contributed by atoms with Crippen LogP contribution >= 0.6 is 0 Å². The molecule has 3 saturated heterocycles. The zero-order valence-electron chi connectivity index (χ0n) is 30.3. The van der Waals surface area contributed by atoms with Crippen LogP contribution in [0.2, 0.25) is 0 Å². The number of likely N-dealkylation sites (tertiary alicyclic amines) is 1. The molecule has 2 N–H and O–H groups in total. The highest BCUT2D eigenvalue weighted by Gasteiger charge is 2.34. The van der Waals surface area contributed by atoms with Crippen molar-refractivity contribution in [3.05, 3.63) is 76.7 Å². The number of benzene rings is 2. The third-order valence-electron chi connectivity index (χ3n) is 10.7. The molecule has 0 bridgehead atoms. The smallest absolute Gasteiger partial charge is 0.351 e. The summed E-state index contributed by atoms with van der Waals surface area (Å²) in [6, 6.07) is 9.31. The molecule has 18 heteroatoms. The minimum atomic E-state index is -4.56. The molecule has 56 heavy (non-hydrogen) atoms. The van der Waals surface area contributed by atoms with Crippen molar-refractivity contribution in [2.75, 3.05) is 38.0 Å². The van der Waals surface area contributed by atoms with Gasteiger partial charge in [0.1, 0.15) is 0 Å². The number of alkyl halides is 5. The molecule has 5 heterocycles. The summed E-state index contributed by atoms with van der Waals surface area (Å²) >= 11 is 0. The Morgan fingerprint density at radius 1 is 0.964 bits per heavy atom. The van der Waals surface area contributed by atoms with Crippen LogP contribution in [0.25, 0.3) is 10.9 Å². The third kappa shape index (κ3) is 8.39. The first-order valence-corrected chi connectivity index (χ1v) is 19.7. The van der Waals surface area contributed by atoms with E-state index < -0.39 is 34.1 Å². The van der Waals surface area contributed by atoms with Gasteiger partial charge in [-0.2, -0.15) is 22.6 Å². The number of halogens is 5. The fourth-order valence-corrected chi connectivity index (χ4v) is 9.05. The van der Waals surface area contributed by atoms with E-state index in [2.05, 4.69) is 54.6 Å². The number of sulfonamides is 1. The highest BCUT2D eigenvalue weighted by Crippen LogP contribution is 2.35. The lowest BCUT2D eigenvalue weighted by atomic mass is 9.88. The average Bonchev–Trinajstić information content (AvgIpc) is 3.50. The fourth-order valence-electron chi connectivity index (χ4n) is 7.55. The number of carbonyl (C=O) groups excluding carboxylic acids is 2. The van der Waals surface area contributed by atoms with Crippen molar-refractivity contribution in [3.8, 4) is 11.8 Å². The minimum absolute atomic E-state index is 0.000538. The van der Waals surface area contributed by atoms with E-state index in [9.17, 15) is 40.0 Å². The molecule has 2 aromatic heterocycles. The molecule has 1 atom stereocenters. The molecule has 0 spiro atoms. The Kier molecular flexibility index (Phi) is 11.1. The first-order valence-electron chi connectivity index (χ1n) is 18.3. The second kappa shape index (κ2) is 15.9. The van der Waals surface area contributed by atoms with Gasteiger partial charge in [0.15, 0.2) is 0 Å². The van der Waals surface area contributed by atoms with E-state index in [-0.39, 0.29) is 65.3 Å². The van der Waals surface area contributed by atoms with E-state index in [0.29, 0.717) is 43.9 Å². The minimum Gasteiger partial charge on any atom is -0.351 e. The Labute approximate surface area is 319 Å². The Balaban J connectivity index is 0.956. The number of amides is 2. The van der Waals surface area contributed by atoms with Gasteiger partial charge < -0.3 is 5.32 Å². The van der Waals surface area contributed by atoms with E-state index in [4.69, 9.17) is 0 Å². The zero-order valence-corrected chi connectivity index (χ0v) is 31.1. The molecular formula is C38H39F5N8O4S. The average molecular weight is 799 g/mol. The van der Waals surface area contributed by atoms with Gasteiger partial charge in [-0.1, -0.05) is 30.0 Å². The second-order valence-corrected chi connectivity index (χ2v) is 16.2. The Hall–Kier alpha value is -4.99. The quantitative estimate of drug-likeness (QED) is 0.137. The molecular weight excluding hydrogens is 760 g/mol. The van der Waals surface area contributed by atoms with Gasteiger partial charge in [0, 0.05) is 61.5 Å². The Morgan fingerprint density at radius 2 is 1.68 bits per heavy atom. The lowest BCUT2D eigenvalue weighted by molar-refractivity contribution is -0.138. The lowest BCUT2D eigenvalue weighted by Gasteiger charge is -2.31. The number of carbonyl (C=O) groups is 2. The van der Waals surface area contributed by atoms with Crippen molar-refractivity contribution in [1.82, 2.24) is 34.3 Å². The number of hydrogen-bond acceptors (Lipinski definition) is 9. The van der Waals surface area contributed by atoms with Crippen LogP contribution in [0.5, 0.6) is 0 Å². The maximum atomic E-state index is 14.0. The molecule has 1 unspecified atom stereocenters. The van der Waals surface area contributed by atoms with Gasteiger partial charge in [-0.05, 0) is 74.9 Å². The van der Waals surface area contributed by atoms with E-state index in [1.165, 1.54) is 10.4 Å². The SMILES string of the molecule is Cn1nc(C2CCC(=O)NC2=O)c2ccc(C3CCN(CC#Cc4cc(S(=O)(=O)N5CCC(Nc6ncc(C(F)(F)F)cn6)CC5)ccc4C(F)F)CC3)cc21. The molecule has 3 aliphatic heterocycles. The Morgan fingerprint density at radius 3 is 2.34 bits per heavy atom. The first kappa shape index (κ1) is 39.3. The van der Waals surface area contributed by atoms with E-state index in [1.54, 1.807) is 4.68 Å². The number of nitrogens with zero attached hydrogens (tertiary/aromatic N) is 6. The molecule has 2 aromatic carbocycles. The van der Waals surface area contributed by atoms with Crippen molar-refractivity contribution in [1.29, 1.82) is 0 Å². The predicted molar refractivity (Wildman–Crippen MR) is 195 cm³/mol. The number of nitrogens with one attached hydrogen (secondary N) is 2. The van der Waals surface area contributed by atoms with Gasteiger partial charge in [-0.25, -0.2) is 27.2 Å². The number of imide groups is 1. The fraction of sp³-hybridized carbons (Fsp3) is 0.447. The number of anilines is 1. The molecule has 296 valence electrons. The highest BCUT2D eigenvalue weighted by atomic mass is 32.2. The van der Waals surface area contributed by atoms with Gasteiger partial charge in [0.05, 0.1) is 34.1 Å². The Bertz CT molecular complexity index is 2290. The van der Waals surface area contributed by atoms with Crippen LogP contribution in [0.3, 0.4) is 0 Å². The van der Waals surface area contributed by atoms with Crippen molar-refractivity contribution in [3.63, 3.8) is 0 Å². The summed E-state index contributed by atoms with van der Waals surface area (Å²) in [5.41, 5.74) is 1.32. The maximum absolute atomic E-state index is 14.0. The molecule has 2 amide bonds. The number of aromatic nitrogens is 4. The summed E-state index contributed by atoms with van der Waals surface area (Å²) in [6.07, 6.45) is -3.06. The topological polar surface area (TPSA) is 142 Å². The summed E-state index contributed by atoms with van der Waals surface area (Å²) < 4.78 is 96.7. The monoisotopic (exact) mass is 798 g/mol. The molecule has 0 radical (unpaired) electrons. The van der Waals surface area contributed by atoms with E-state index in [0.717, 1.165) is 54.5 Å². The van der Waals surface area contributed by atoms with Gasteiger partial charge >= 0.3 is 6.18 Å². The summed E-state index contributed by atoms with van der Waals surface area (Å²) in [4.78, 5) is 33.6. The van der Waals surface area contributed by atoms with Crippen LogP contribution in [0.15, 0.2) is 53.7 Å². The summed E-state index contributed by atoms with van der Waals surface area (Å²) in [7, 11) is -2.22. The van der Waals surface area contributed by atoms with Crippen LogP contribution < -0.4 is 10.6 Å². The third-order valence-corrected chi connectivity index (χ3v) is 12.6. The van der Waals surface area contributed by atoms with Crippen molar-refractivity contribution in [2.24, 2.45) is 7.05 Å².